The second-order valence-electron chi connectivity index (χ2n) is 7.65. The van der Waals surface area contributed by atoms with Crippen molar-refractivity contribution in [3.8, 4) is 5.75 Å². The second-order valence-corrected chi connectivity index (χ2v) is 7.65. The Labute approximate surface area is 173 Å². The van der Waals surface area contributed by atoms with E-state index in [-0.39, 0.29) is 30.0 Å². The second kappa shape index (κ2) is 11.0. The molecule has 1 aliphatic rings. The van der Waals surface area contributed by atoms with Gasteiger partial charge in [0.2, 0.25) is 0 Å². The molecule has 3 amide bonds. The van der Waals surface area contributed by atoms with Gasteiger partial charge in [-0.3, -0.25) is 4.79 Å². The van der Waals surface area contributed by atoms with Crippen molar-refractivity contribution >= 4 is 17.6 Å². The first-order valence-electron chi connectivity index (χ1n) is 10.2. The van der Waals surface area contributed by atoms with Gasteiger partial charge in [-0.05, 0) is 37.5 Å². The molecule has 1 aromatic carbocycles. The van der Waals surface area contributed by atoms with Gasteiger partial charge in [0.05, 0.1) is 11.7 Å². The van der Waals surface area contributed by atoms with E-state index in [2.05, 4.69) is 22.9 Å². The topological polar surface area (TPSA) is 91.9 Å². The lowest BCUT2D eigenvalue weighted by Crippen LogP contribution is -2.44. The number of likely N-dealkylation sites (N-methyl/N-ethyl adjacent to an activating group) is 1. The summed E-state index contributed by atoms with van der Waals surface area (Å²) in [5, 5.41) is 8.98. The van der Waals surface area contributed by atoms with Crippen LogP contribution in [-0.2, 0) is 4.74 Å². The number of hydrogen-bond donors (Lipinski definition) is 3. The standard InChI is InChI=1S/C21H34N4O4/c1-6-9-22-21(27)24-16-7-8-18-17(10-16)20(26)25(4)12-19(28-5)14(2)11-23-15(3)13-29-18/h7-8,10,14-15,19,23H,6,9,11-13H2,1-5H3,(H2,22,24,27)/t14-,15+,19-/m1/s1. The number of rotatable bonds is 4. The highest BCUT2D eigenvalue weighted by Gasteiger charge is 2.25. The van der Waals surface area contributed by atoms with Gasteiger partial charge in [0.1, 0.15) is 12.4 Å². The first kappa shape index (κ1) is 23.0. The molecule has 0 saturated carbocycles. The van der Waals surface area contributed by atoms with Gasteiger partial charge in [0.15, 0.2) is 0 Å². The third-order valence-electron chi connectivity index (χ3n) is 5.02. The van der Waals surface area contributed by atoms with Crippen molar-refractivity contribution in [3.05, 3.63) is 23.8 Å². The molecule has 0 unspecified atom stereocenters. The summed E-state index contributed by atoms with van der Waals surface area (Å²) in [7, 11) is 3.42. The van der Waals surface area contributed by atoms with Crippen LogP contribution in [0.3, 0.4) is 0 Å². The molecule has 3 N–H and O–H groups in total. The van der Waals surface area contributed by atoms with E-state index in [0.717, 1.165) is 13.0 Å². The Morgan fingerprint density at radius 2 is 2.14 bits per heavy atom. The van der Waals surface area contributed by atoms with Crippen LogP contribution in [0, 0.1) is 5.92 Å². The van der Waals surface area contributed by atoms with Crippen LogP contribution >= 0.6 is 0 Å². The summed E-state index contributed by atoms with van der Waals surface area (Å²) in [6.45, 7) is 8.37. The lowest BCUT2D eigenvalue weighted by atomic mass is 10.0. The van der Waals surface area contributed by atoms with Gasteiger partial charge < -0.3 is 30.3 Å². The molecule has 0 fully saturated rings. The fourth-order valence-corrected chi connectivity index (χ4v) is 3.15. The number of ether oxygens (including phenoxy) is 2. The van der Waals surface area contributed by atoms with Crippen molar-refractivity contribution in [2.45, 2.75) is 39.3 Å². The Morgan fingerprint density at radius 1 is 1.38 bits per heavy atom. The molecule has 1 aromatic rings. The molecule has 0 radical (unpaired) electrons. The maximum absolute atomic E-state index is 13.2. The van der Waals surface area contributed by atoms with E-state index in [9.17, 15) is 9.59 Å². The average molecular weight is 407 g/mol. The lowest BCUT2D eigenvalue weighted by Gasteiger charge is -2.30. The molecule has 8 heteroatoms. The number of nitrogens with one attached hydrogen (secondary N) is 3. The summed E-state index contributed by atoms with van der Waals surface area (Å²) in [5.74, 6) is 0.553. The summed E-state index contributed by atoms with van der Waals surface area (Å²) in [4.78, 5) is 26.8. The number of nitrogens with zero attached hydrogens (tertiary/aromatic N) is 1. The number of fused-ring (bicyclic) bond motifs is 1. The molecule has 0 bridgehead atoms. The smallest absolute Gasteiger partial charge is 0.319 e. The molecule has 0 saturated heterocycles. The zero-order valence-corrected chi connectivity index (χ0v) is 18.1. The monoisotopic (exact) mass is 406 g/mol. The van der Waals surface area contributed by atoms with Crippen LogP contribution in [0.1, 0.15) is 37.6 Å². The van der Waals surface area contributed by atoms with E-state index in [0.29, 0.717) is 36.7 Å². The van der Waals surface area contributed by atoms with Crippen molar-refractivity contribution in [1.29, 1.82) is 0 Å². The molecule has 2 rings (SSSR count). The van der Waals surface area contributed by atoms with E-state index < -0.39 is 0 Å². The van der Waals surface area contributed by atoms with Gasteiger partial charge in [-0.1, -0.05) is 13.8 Å². The highest BCUT2D eigenvalue weighted by molar-refractivity contribution is 5.99. The van der Waals surface area contributed by atoms with Crippen LogP contribution in [0.25, 0.3) is 0 Å². The molecule has 0 spiro atoms. The first-order valence-corrected chi connectivity index (χ1v) is 10.2. The van der Waals surface area contributed by atoms with E-state index in [1.807, 2.05) is 13.8 Å². The number of carbonyl (C=O) groups is 2. The molecule has 1 heterocycles. The summed E-state index contributed by atoms with van der Waals surface area (Å²) in [6.07, 6.45) is 0.758. The van der Waals surface area contributed by atoms with Crippen molar-refractivity contribution < 1.29 is 19.1 Å². The normalized spacial score (nSPS) is 23.3. The van der Waals surface area contributed by atoms with Crippen LogP contribution in [0.4, 0.5) is 10.5 Å². The van der Waals surface area contributed by atoms with Crippen LogP contribution in [-0.4, -0.2) is 69.4 Å². The molecular formula is C21H34N4O4. The summed E-state index contributed by atoms with van der Waals surface area (Å²) >= 11 is 0. The Balaban J connectivity index is 2.29. The molecular weight excluding hydrogens is 372 g/mol. The fourth-order valence-electron chi connectivity index (χ4n) is 3.15. The number of benzene rings is 1. The summed E-state index contributed by atoms with van der Waals surface area (Å²) < 4.78 is 11.6. The predicted octanol–water partition coefficient (Wildman–Crippen LogP) is 2.31. The number of methoxy groups -OCH3 is 1. The molecule has 3 atom stereocenters. The third-order valence-corrected chi connectivity index (χ3v) is 5.02. The Kier molecular flexibility index (Phi) is 8.72. The maximum atomic E-state index is 13.2. The quantitative estimate of drug-likeness (QED) is 0.714. The highest BCUT2D eigenvalue weighted by Crippen LogP contribution is 2.25. The third kappa shape index (κ3) is 6.61. The molecule has 0 aliphatic carbocycles. The average Bonchev–Trinajstić information content (AvgIpc) is 2.71. The van der Waals surface area contributed by atoms with Gasteiger partial charge in [-0.15, -0.1) is 0 Å². The first-order chi connectivity index (χ1) is 13.8. The predicted molar refractivity (Wildman–Crippen MR) is 114 cm³/mol. The van der Waals surface area contributed by atoms with Crippen LogP contribution < -0.4 is 20.7 Å². The minimum absolute atomic E-state index is 0.0893. The maximum Gasteiger partial charge on any atom is 0.319 e. The van der Waals surface area contributed by atoms with Crippen LogP contribution in [0.15, 0.2) is 18.2 Å². The molecule has 29 heavy (non-hydrogen) atoms. The van der Waals surface area contributed by atoms with Crippen molar-refractivity contribution in [2.24, 2.45) is 5.92 Å². The van der Waals surface area contributed by atoms with Gasteiger partial charge in [0.25, 0.3) is 5.91 Å². The molecule has 8 nitrogen and oxygen atoms in total. The largest absolute Gasteiger partial charge is 0.491 e. The van der Waals surface area contributed by atoms with E-state index in [4.69, 9.17) is 9.47 Å². The molecule has 0 aromatic heterocycles. The SMILES string of the molecule is CCCNC(=O)Nc1ccc2c(c1)C(=O)N(C)C[C@@H](OC)[C@H](C)CN[C@@H](C)CO2. The van der Waals surface area contributed by atoms with E-state index >= 15 is 0 Å². The molecule has 1 aliphatic heterocycles. The van der Waals surface area contributed by atoms with Crippen LogP contribution in [0.5, 0.6) is 5.75 Å². The van der Waals surface area contributed by atoms with Gasteiger partial charge in [0, 0.05) is 45.5 Å². The van der Waals surface area contributed by atoms with E-state index in [1.165, 1.54) is 0 Å². The van der Waals surface area contributed by atoms with Gasteiger partial charge in [-0.25, -0.2) is 4.79 Å². The number of amides is 3. The fraction of sp³-hybridized carbons (Fsp3) is 0.619. The highest BCUT2D eigenvalue weighted by atomic mass is 16.5. The number of carbonyl (C=O) groups excluding carboxylic acids is 2. The lowest BCUT2D eigenvalue weighted by molar-refractivity contribution is 0.0281. The van der Waals surface area contributed by atoms with Crippen molar-refractivity contribution in [2.75, 3.05) is 45.7 Å². The van der Waals surface area contributed by atoms with Crippen molar-refractivity contribution in [1.82, 2.24) is 15.5 Å². The number of hydrogen-bond acceptors (Lipinski definition) is 5. The van der Waals surface area contributed by atoms with Gasteiger partial charge >= 0.3 is 6.03 Å². The van der Waals surface area contributed by atoms with Crippen molar-refractivity contribution in [3.63, 3.8) is 0 Å². The minimum atomic E-state index is -0.298. The Morgan fingerprint density at radius 3 is 2.83 bits per heavy atom. The van der Waals surface area contributed by atoms with E-state index in [1.54, 1.807) is 37.3 Å². The van der Waals surface area contributed by atoms with Gasteiger partial charge in [-0.2, -0.15) is 0 Å². The Bertz CT molecular complexity index is 697. The summed E-state index contributed by atoms with van der Waals surface area (Å²) in [6, 6.07) is 4.95. The Hall–Kier alpha value is -2.32. The zero-order valence-electron chi connectivity index (χ0n) is 18.1. The number of anilines is 1. The number of urea groups is 1. The summed E-state index contributed by atoms with van der Waals surface area (Å²) in [5.41, 5.74) is 0.953. The minimum Gasteiger partial charge on any atom is -0.491 e. The zero-order chi connectivity index (χ0) is 21.4. The molecule has 162 valence electrons. The van der Waals surface area contributed by atoms with Crippen LogP contribution in [0.2, 0.25) is 0 Å².